The van der Waals surface area contributed by atoms with Gasteiger partial charge < -0.3 is 10.2 Å². The second-order valence-corrected chi connectivity index (χ2v) is 6.32. The highest BCUT2D eigenvalue weighted by atomic mass is 16.2. The van der Waals surface area contributed by atoms with Crippen molar-refractivity contribution in [2.75, 3.05) is 0 Å². The van der Waals surface area contributed by atoms with Crippen LogP contribution in [0.5, 0.6) is 0 Å². The summed E-state index contributed by atoms with van der Waals surface area (Å²) in [5.74, 6) is 0.810. The third-order valence-electron chi connectivity index (χ3n) is 4.83. The number of fused-ring (bicyclic) bond motifs is 4. The summed E-state index contributed by atoms with van der Waals surface area (Å²) in [5, 5.41) is 3.06. The van der Waals surface area contributed by atoms with E-state index in [4.69, 9.17) is 0 Å². The minimum absolute atomic E-state index is 0.0209. The number of carbonyl (C=O) groups excluding carboxylic acids is 1. The minimum atomic E-state index is 0.0209. The van der Waals surface area contributed by atoms with Gasteiger partial charge in [-0.3, -0.25) is 0 Å². The van der Waals surface area contributed by atoms with Gasteiger partial charge in [0, 0.05) is 30.8 Å². The van der Waals surface area contributed by atoms with Crippen LogP contribution in [0.3, 0.4) is 0 Å². The molecule has 5 heteroatoms. The lowest BCUT2D eigenvalue weighted by Crippen LogP contribution is -2.47. The van der Waals surface area contributed by atoms with E-state index >= 15 is 0 Å². The van der Waals surface area contributed by atoms with Crippen molar-refractivity contribution in [3.8, 4) is 0 Å². The molecule has 2 aliphatic rings. The zero-order chi connectivity index (χ0) is 15.8. The summed E-state index contributed by atoms with van der Waals surface area (Å²) in [6.45, 7) is 2.48. The Kier molecular flexibility index (Phi) is 3.48. The highest BCUT2D eigenvalue weighted by molar-refractivity contribution is 5.76. The maximum Gasteiger partial charge on any atom is 0.318 e. The summed E-state index contributed by atoms with van der Waals surface area (Å²) in [4.78, 5) is 23.6. The number of rotatable bonds is 2. The number of amides is 2. The summed E-state index contributed by atoms with van der Waals surface area (Å²) in [6, 6.07) is 10.4. The fourth-order valence-electron chi connectivity index (χ4n) is 3.75. The second kappa shape index (κ2) is 5.65. The van der Waals surface area contributed by atoms with Gasteiger partial charge in [0.25, 0.3) is 0 Å². The average Bonchev–Trinajstić information content (AvgIpc) is 2.89. The van der Waals surface area contributed by atoms with Gasteiger partial charge in [0.2, 0.25) is 0 Å². The Labute approximate surface area is 135 Å². The van der Waals surface area contributed by atoms with Crippen LogP contribution in [-0.2, 0) is 13.0 Å². The summed E-state index contributed by atoms with van der Waals surface area (Å²) in [5.41, 5.74) is 3.36. The van der Waals surface area contributed by atoms with Crippen molar-refractivity contribution < 1.29 is 4.79 Å². The number of nitrogens with one attached hydrogen (secondary N) is 1. The fourth-order valence-corrected chi connectivity index (χ4v) is 3.75. The van der Waals surface area contributed by atoms with Gasteiger partial charge in [-0.15, -0.1) is 0 Å². The molecule has 1 aromatic heterocycles. The Hall–Kier alpha value is -2.43. The van der Waals surface area contributed by atoms with Crippen LogP contribution in [0, 0.1) is 6.92 Å². The zero-order valence-electron chi connectivity index (χ0n) is 13.2. The number of hydrogen-bond donors (Lipinski definition) is 1. The van der Waals surface area contributed by atoms with E-state index in [9.17, 15) is 4.79 Å². The maximum absolute atomic E-state index is 12.7. The number of aryl methyl sites for hydroxylation is 1. The lowest BCUT2D eigenvalue weighted by molar-refractivity contribution is 0.164. The van der Waals surface area contributed by atoms with E-state index in [0.717, 1.165) is 41.9 Å². The van der Waals surface area contributed by atoms with E-state index < -0.39 is 0 Å². The molecule has 0 saturated carbocycles. The monoisotopic (exact) mass is 308 g/mol. The lowest BCUT2D eigenvalue weighted by Gasteiger charge is -2.35. The van der Waals surface area contributed by atoms with Crippen molar-refractivity contribution in [2.24, 2.45) is 0 Å². The number of aromatic nitrogens is 2. The van der Waals surface area contributed by atoms with Gasteiger partial charge in [0.15, 0.2) is 0 Å². The van der Waals surface area contributed by atoms with Gasteiger partial charge >= 0.3 is 6.03 Å². The molecular weight excluding hydrogens is 288 g/mol. The number of nitrogens with zero attached hydrogens (tertiary/aromatic N) is 3. The van der Waals surface area contributed by atoms with Crippen LogP contribution in [0.4, 0.5) is 4.79 Å². The molecule has 1 fully saturated rings. The van der Waals surface area contributed by atoms with Crippen LogP contribution in [0.25, 0.3) is 0 Å². The predicted octanol–water partition coefficient (Wildman–Crippen LogP) is 2.76. The molecule has 1 N–H and O–H groups in total. The number of hydrogen-bond acceptors (Lipinski definition) is 3. The first-order valence-corrected chi connectivity index (χ1v) is 8.15. The normalized spacial score (nSPS) is 21.9. The van der Waals surface area contributed by atoms with Crippen molar-refractivity contribution in [3.63, 3.8) is 0 Å². The quantitative estimate of drug-likeness (QED) is 0.928. The van der Waals surface area contributed by atoms with Crippen LogP contribution >= 0.6 is 0 Å². The maximum atomic E-state index is 12.7. The highest BCUT2D eigenvalue weighted by Gasteiger charge is 2.43. The van der Waals surface area contributed by atoms with Crippen molar-refractivity contribution in [2.45, 2.75) is 44.8 Å². The molecule has 2 aromatic rings. The van der Waals surface area contributed by atoms with E-state index in [-0.39, 0.29) is 18.1 Å². The smallest absolute Gasteiger partial charge is 0.318 e. The molecule has 118 valence electrons. The second-order valence-electron chi connectivity index (χ2n) is 6.32. The molecule has 1 saturated heterocycles. The van der Waals surface area contributed by atoms with Gasteiger partial charge in [-0.25, -0.2) is 14.8 Å². The molecular formula is C18H20N4O. The van der Waals surface area contributed by atoms with Crippen LogP contribution in [0.1, 0.15) is 41.5 Å². The van der Waals surface area contributed by atoms with Gasteiger partial charge in [-0.05, 0) is 25.3 Å². The van der Waals surface area contributed by atoms with Crippen LogP contribution < -0.4 is 5.32 Å². The van der Waals surface area contributed by atoms with Crippen LogP contribution in [0.15, 0.2) is 36.5 Å². The molecule has 5 nitrogen and oxygen atoms in total. The Morgan fingerprint density at radius 3 is 2.96 bits per heavy atom. The number of carbonyl (C=O) groups is 1. The molecule has 2 aliphatic heterocycles. The van der Waals surface area contributed by atoms with Gasteiger partial charge in [-0.2, -0.15) is 0 Å². The molecule has 0 spiro atoms. The molecule has 23 heavy (non-hydrogen) atoms. The Morgan fingerprint density at radius 1 is 1.30 bits per heavy atom. The average molecular weight is 308 g/mol. The Bertz CT molecular complexity index is 731. The first-order chi connectivity index (χ1) is 11.2. The molecule has 2 atom stereocenters. The molecule has 4 rings (SSSR count). The van der Waals surface area contributed by atoms with Gasteiger partial charge in [0.1, 0.15) is 5.82 Å². The summed E-state index contributed by atoms with van der Waals surface area (Å²) in [6.07, 6.45) is 4.79. The standard InChI is InChI=1S/C18H20N4O/c1-12-19-11-15-16(21-12)9-14-7-8-17(15)22(14)18(23)20-10-13-5-3-2-4-6-13/h2-6,11,14,17H,7-10H2,1H3,(H,20,23). The van der Waals surface area contributed by atoms with E-state index in [2.05, 4.69) is 15.3 Å². The fraction of sp³-hybridized carbons (Fsp3) is 0.389. The zero-order valence-corrected chi connectivity index (χ0v) is 13.2. The van der Waals surface area contributed by atoms with Crippen molar-refractivity contribution in [3.05, 3.63) is 59.2 Å². The van der Waals surface area contributed by atoms with Crippen LogP contribution in [0.2, 0.25) is 0 Å². The first-order valence-electron chi connectivity index (χ1n) is 8.15. The van der Waals surface area contributed by atoms with Gasteiger partial charge in [0.05, 0.1) is 11.7 Å². The van der Waals surface area contributed by atoms with E-state index in [0.29, 0.717) is 6.54 Å². The molecule has 3 heterocycles. The van der Waals surface area contributed by atoms with E-state index in [1.165, 1.54) is 0 Å². The molecule has 0 radical (unpaired) electrons. The first kappa shape index (κ1) is 14.2. The third kappa shape index (κ3) is 2.56. The summed E-state index contributed by atoms with van der Waals surface area (Å²) in [7, 11) is 0. The molecule has 1 aromatic carbocycles. The lowest BCUT2D eigenvalue weighted by atomic mass is 9.99. The van der Waals surface area contributed by atoms with E-state index in [1.807, 2.05) is 48.4 Å². The third-order valence-corrected chi connectivity index (χ3v) is 4.83. The minimum Gasteiger partial charge on any atom is -0.334 e. The molecule has 2 unspecified atom stereocenters. The molecule has 0 aliphatic carbocycles. The molecule has 2 bridgehead atoms. The van der Waals surface area contributed by atoms with Crippen LogP contribution in [-0.4, -0.2) is 26.9 Å². The number of benzene rings is 1. The largest absolute Gasteiger partial charge is 0.334 e. The number of urea groups is 1. The summed E-state index contributed by atoms with van der Waals surface area (Å²) >= 11 is 0. The Morgan fingerprint density at radius 2 is 2.13 bits per heavy atom. The topological polar surface area (TPSA) is 58.1 Å². The predicted molar refractivity (Wildman–Crippen MR) is 86.8 cm³/mol. The summed E-state index contributed by atoms with van der Waals surface area (Å²) < 4.78 is 0. The van der Waals surface area contributed by atoms with E-state index in [1.54, 1.807) is 0 Å². The van der Waals surface area contributed by atoms with Crippen molar-refractivity contribution >= 4 is 6.03 Å². The van der Waals surface area contributed by atoms with Crippen molar-refractivity contribution in [1.29, 1.82) is 0 Å². The van der Waals surface area contributed by atoms with Crippen molar-refractivity contribution in [1.82, 2.24) is 20.2 Å². The van der Waals surface area contributed by atoms with Gasteiger partial charge in [-0.1, -0.05) is 30.3 Å². The SMILES string of the molecule is Cc1ncc2c(n1)CC1CCC2N1C(=O)NCc1ccccc1. The highest BCUT2D eigenvalue weighted by Crippen LogP contribution is 2.42. The Balaban J connectivity index is 1.51. The molecule has 2 amide bonds.